The highest BCUT2D eigenvalue weighted by Crippen LogP contribution is 2.28. The summed E-state index contributed by atoms with van der Waals surface area (Å²) in [5.41, 5.74) is 5.26. The number of nitrogens with two attached hydrogens (primary N) is 1. The second-order valence-electron chi connectivity index (χ2n) is 4.57. The topological polar surface area (TPSA) is 128 Å². The molecule has 0 aromatic heterocycles. The Bertz CT molecular complexity index is 572. The molecule has 8 heteroatoms. The van der Waals surface area contributed by atoms with Gasteiger partial charge >= 0.3 is 5.97 Å². The quantitative estimate of drug-likeness (QED) is 0.620. The molecule has 0 aliphatic heterocycles. The molecule has 1 rings (SSSR count). The monoisotopic (exact) mass is 310 g/mol. The van der Waals surface area contributed by atoms with Crippen molar-refractivity contribution in [3.05, 3.63) is 23.8 Å². The summed E-state index contributed by atoms with van der Waals surface area (Å²) in [4.78, 5) is 33.3. The van der Waals surface area contributed by atoms with E-state index in [0.29, 0.717) is 0 Å². The fraction of sp³-hybridized carbons (Fsp3) is 0.357. The third-order valence-corrected chi connectivity index (χ3v) is 2.79. The molecule has 0 aliphatic rings. The van der Waals surface area contributed by atoms with E-state index in [2.05, 4.69) is 5.32 Å². The highest BCUT2D eigenvalue weighted by Gasteiger charge is 2.15. The highest BCUT2D eigenvalue weighted by molar-refractivity contribution is 5.95. The number of rotatable bonds is 8. The Labute approximate surface area is 127 Å². The molecule has 1 atom stereocenters. The predicted molar refractivity (Wildman–Crippen MR) is 76.8 cm³/mol. The van der Waals surface area contributed by atoms with Gasteiger partial charge in [-0.05, 0) is 18.2 Å². The number of primary amides is 1. The summed E-state index contributed by atoms with van der Waals surface area (Å²) in [6, 6.07) is 4.37. The van der Waals surface area contributed by atoms with Crippen LogP contribution in [-0.2, 0) is 9.59 Å². The summed E-state index contributed by atoms with van der Waals surface area (Å²) in [6.45, 7) is 1.19. The molecule has 8 nitrogen and oxygen atoms in total. The Kier molecular flexibility index (Phi) is 6.18. The van der Waals surface area contributed by atoms with Crippen LogP contribution in [0.5, 0.6) is 11.5 Å². The van der Waals surface area contributed by atoms with Gasteiger partial charge in [0.25, 0.3) is 11.8 Å². The molecule has 0 saturated carbocycles. The number of carbonyl (C=O) groups excluding carboxylic acids is 2. The van der Waals surface area contributed by atoms with Crippen molar-refractivity contribution in [1.82, 2.24) is 5.32 Å². The van der Waals surface area contributed by atoms with E-state index in [-0.39, 0.29) is 30.2 Å². The van der Waals surface area contributed by atoms with Crippen molar-refractivity contribution in [2.75, 3.05) is 20.3 Å². The van der Waals surface area contributed by atoms with Crippen LogP contribution in [0.4, 0.5) is 0 Å². The van der Waals surface area contributed by atoms with E-state index in [1.54, 1.807) is 0 Å². The number of carboxylic acids is 1. The van der Waals surface area contributed by atoms with Gasteiger partial charge in [-0.1, -0.05) is 6.92 Å². The molecule has 1 unspecified atom stereocenters. The molecule has 0 saturated heterocycles. The smallest absolute Gasteiger partial charge is 0.308 e. The van der Waals surface area contributed by atoms with E-state index in [1.807, 2.05) is 0 Å². The molecule has 1 aromatic carbocycles. The lowest BCUT2D eigenvalue weighted by atomic mass is 10.1. The standard InChI is InChI=1S/C14H18N2O6/c1-8(14(19)20)6-16-13(18)9-3-4-10(11(5-9)21-2)22-7-12(15)17/h3-5,8H,6-7H2,1-2H3,(H2,15,17)(H,16,18)(H,19,20). The first-order chi connectivity index (χ1) is 10.3. The minimum absolute atomic E-state index is 0.0103. The summed E-state index contributed by atoms with van der Waals surface area (Å²) >= 11 is 0. The number of aliphatic carboxylic acids is 1. The first kappa shape index (κ1) is 17.3. The molecular formula is C14H18N2O6. The Morgan fingerprint density at radius 3 is 2.55 bits per heavy atom. The molecule has 0 spiro atoms. The lowest BCUT2D eigenvalue weighted by Gasteiger charge is -2.12. The fourth-order valence-corrected chi connectivity index (χ4v) is 1.51. The Morgan fingerprint density at radius 2 is 2.00 bits per heavy atom. The van der Waals surface area contributed by atoms with Crippen molar-refractivity contribution < 1.29 is 29.0 Å². The minimum atomic E-state index is -0.993. The van der Waals surface area contributed by atoms with Gasteiger partial charge in [0.15, 0.2) is 18.1 Å². The van der Waals surface area contributed by atoms with Crippen LogP contribution in [0.15, 0.2) is 18.2 Å². The van der Waals surface area contributed by atoms with Crippen LogP contribution >= 0.6 is 0 Å². The van der Waals surface area contributed by atoms with Crippen molar-refractivity contribution in [3.8, 4) is 11.5 Å². The third-order valence-electron chi connectivity index (χ3n) is 2.79. The maximum atomic E-state index is 11.9. The van der Waals surface area contributed by atoms with E-state index in [1.165, 1.54) is 32.2 Å². The van der Waals surface area contributed by atoms with Gasteiger partial charge in [-0.2, -0.15) is 0 Å². The van der Waals surface area contributed by atoms with Crippen molar-refractivity contribution in [1.29, 1.82) is 0 Å². The zero-order valence-corrected chi connectivity index (χ0v) is 12.3. The molecule has 120 valence electrons. The number of nitrogens with one attached hydrogen (secondary N) is 1. The van der Waals surface area contributed by atoms with E-state index in [9.17, 15) is 14.4 Å². The average molecular weight is 310 g/mol. The van der Waals surface area contributed by atoms with Crippen LogP contribution < -0.4 is 20.5 Å². The molecular weight excluding hydrogens is 292 g/mol. The summed E-state index contributed by atoms with van der Waals surface area (Å²) in [7, 11) is 1.39. The van der Waals surface area contributed by atoms with Gasteiger partial charge in [0.1, 0.15) is 0 Å². The van der Waals surface area contributed by atoms with Crippen LogP contribution in [0, 0.1) is 5.92 Å². The van der Waals surface area contributed by atoms with E-state index in [4.69, 9.17) is 20.3 Å². The SMILES string of the molecule is COc1cc(C(=O)NCC(C)C(=O)O)ccc1OCC(N)=O. The number of carboxylic acid groups (broad SMARTS) is 1. The largest absolute Gasteiger partial charge is 0.493 e. The summed E-state index contributed by atoms with van der Waals surface area (Å²) in [5, 5.41) is 11.3. The molecule has 0 fully saturated rings. The maximum Gasteiger partial charge on any atom is 0.308 e. The molecule has 22 heavy (non-hydrogen) atoms. The van der Waals surface area contributed by atoms with Crippen molar-refractivity contribution in [2.24, 2.45) is 11.7 Å². The van der Waals surface area contributed by atoms with E-state index < -0.39 is 23.7 Å². The van der Waals surface area contributed by atoms with Crippen LogP contribution in [0.1, 0.15) is 17.3 Å². The Hall–Kier alpha value is -2.77. The van der Waals surface area contributed by atoms with Crippen molar-refractivity contribution in [2.45, 2.75) is 6.92 Å². The molecule has 0 aliphatic carbocycles. The number of hydrogen-bond acceptors (Lipinski definition) is 5. The van der Waals surface area contributed by atoms with Crippen LogP contribution in [0.2, 0.25) is 0 Å². The second-order valence-corrected chi connectivity index (χ2v) is 4.57. The lowest BCUT2D eigenvalue weighted by molar-refractivity contribution is -0.140. The number of methoxy groups -OCH3 is 1. The number of amides is 2. The molecule has 0 heterocycles. The molecule has 2 amide bonds. The highest BCUT2D eigenvalue weighted by atomic mass is 16.5. The van der Waals surface area contributed by atoms with Crippen molar-refractivity contribution >= 4 is 17.8 Å². The number of carbonyl (C=O) groups is 3. The predicted octanol–water partition coefficient (Wildman–Crippen LogP) is 0.00980. The zero-order valence-electron chi connectivity index (χ0n) is 12.3. The molecule has 1 aromatic rings. The minimum Gasteiger partial charge on any atom is -0.493 e. The molecule has 0 bridgehead atoms. The summed E-state index contributed by atoms with van der Waals surface area (Å²) in [5.74, 6) is -2.21. The van der Waals surface area contributed by atoms with Gasteiger partial charge in [-0.3, -0.25) is 14.4 Å². The Morgan fingerprint density at radius 1 is 1.32 bits per heavy atom. The first-order valence-corrected chi connectivity index (χ1v) is 6.45. The lowest BCUT2D eigenvalue weighted by Crippen LogP contribution is -2.31. The van der Waals surface area contributed by atoms with E-state index in [0.717, 1.165) is 0 Å². The third kappa shape index (κ3) is 4.97. The van der Waals surface area contributed by atoms with Crippen LogP contribution in [0.3, 0.4) is 0 Å². The fourth-order valence-electron chi connectivity index (χ4n) is 1.51. The van der Waals surface area contributed by atoms with Gasteiger partial charge in [0, 0.05) is 12.1 Å². The van der Waals surface area contributed by atoms with Crippen LogP contribution in [-0.4, -0.2) is 43.2 Å². The van der Waals surface area contributed by atoms with Crippen LogP contribution in [0.25, 0.3) is 0 Å². The van der Waals surface area contributed by atoms with Crippen molar-refractivity contribution in [3.63, 3.8) is 0 Å². The number of benzene rings is 1. The normalized spacial score (nSPS) is 11.4. The van der Waals surface area contributed by atoms with E-state index >= 15 is 0 Å². The van der Waals surface area contributed by atoms with Gasteiger partial charge in [0.05, 0.1) is 13.0 Å². The second kappa shape index (κ2) is 7.87. The van der Waals surface area contributed by atoms with Gasteiger partial charge in [-0.15, -0.1) is 0 Å². The van der Waals surface area contributed by atoms with Gasteiger partial charge < -0.3 is 25.6 Å². The molecule has 0 radical (unpaired) electrons. The summed E-state index contributed by atoms with van der Waals surface area (Å²) in [6.07, 6.45) is 0. The average Bonchev–Trinajstić information content (AvgIpc) is 2.49. The Balaban J connectivity index is 2.77. The number of hydrogen-bond donors (Lipinski definition) is 3. The van der Waals surface area contributed by atoms with Gasteiger partial charge in [0.2, 0.25) is 0 Å². The van der Waals surface area contributed by atoms with Gasteiger partial charge in [-0.25, -0.2) is 0 Å². The molecule has 4 N–H and O–H groups in total. The number of ether oxygens (including phenoxy) is 2. The summed E-state index contributed by atoms with van der Waals surface area (Å²) < 4.78 is 10.2. The zero-order chi connectivity index (χ0) is 16.7. The first-order valence-electron chi connectivity index (χ1n) is 6.45. The maximum absolute atomic E-state index is 11.9.